The molecule has 0 aromatic carbocycles. The van der Waals surface area contributed by atoms with Crippen molar-refractivity contribution in [2.75, 3.05) is 41.8 Å². The van der Waals surface area contributed by atoms with Crippen LogP contribution >= 0.6 is 0 Å². The van der Waals surface area contributed by atoms with Crippen LogP contribution in [-0.4, -0.2) is 54.6 Å². The van der Waals surface area contributed by atoms with Gasteiger partial charge in [-0.2, -0.15) is 15.0 Å². The van der Waals surface area contributed by atoms with Crippen molar-refractivity contribution >= 4 is 21.7 Å². The summed E-state index contributed by atoms with van der Waals surface area (Å²) in [6, 6.07) is 0.215. The van der Waals surface area contributed by atoms with Gasteiger partial charge in [-0.25, -0.2) is 8.42 Å². The molecule has 0 spiro atoms. The summed E-state index contributed by atoms with van der Waals surface area (Å²) >= 11 is 0. The minimum atomic E-state index is -3.01. The van der Waals surface area contributed by atoms with Crippen LogP contribution in [-0.2, 0) is 9.84 Å². The number of hydrogen-bond donors (Lipinski definition) is 2. The fourth-order valence-electron chi connectivity index (χ4n) is 1.41. The molecule has 8 nitrogen and oxygen atoms in total. The molecule has 0 aliphatic rings. The van der Waals surface area contributed by atoms with Gasteiger partial charge in [0, 0.05) is 18.8 Å². The van der Waals surface area contributed by atoms with Gasteiger partial charge in [-0.1, -0.05) is 13.8 Å². The monoisotopic (exact) mass is 317 g/mol. The Morgan fingerprint density at radius 2 is 1.62 bits per heavy atom. The first-order valence-corrected chi connectivity index (χ1v) is 8.89. The first kappa shape index (κ1) is 17.4. The number of nitrogens with zero attached hydrogens (tertiary/aromatic N) is 3. The Kier molecular flexibility index (Phi) is 7.13. The van der Waals surface area contributed by atoms with Gasteiger partial charge < -0.3 is 15.4 Å². The average molecular weight is 317 g/mol. The van der Waals surface area contributed by atoms with Crippen molar-refractivity contribution in [3.63, 3.8) is 0 Å². The standard InChI is InChI=1S/C12H23N5O3S/c1-4-7-13-10-15-11(17-12(16-10)20-5-2)14-8-9-21(18,19)6-3/h4-9H2,1-3H3,(H2,13,14,15,16,17). The van der Waals surface area contributed by atoms with Crippen LogP contribution in [0.2, 0.25) is 0 Å². The third-order valence-corrected chi connectivity index (χ3v) is 4.26. The van der Waals surface area contributed by atoms with E-state index in [9.17, 15) is 8.42 Å². The van der Waals surface area contributed by atoms with Gasteiger partial charge in [-0.3, -0.25) is 0 Å². The normalized spacial score (nSPS) is 11.2. The van der Waals surface area contributed by atoms with Gasteiger partial charge in [-0.15, -0.1) is 0 Å². The molecule has 0 saturated carbocycles. The number of ether oxygens (including phenoxy) is 1. The van der Waals surface area contributed by atoms with E-state index in [1.807, 2.05) is 13.8 Å². The molecule has 0 atom stereocenters. The Bertz CT molecular complexity index is 536. The van der Waals surface area contributed by atoms with E-state index in [2.05, 4.69) is 25.6 Å². The fourth-order valence-corrected chi connectivity index (χ4v) is 2.11. The fraction of sp³-hybridized carbons (Fsp3) is 0.750. The maximum atomic E-state index is 11.4. The van der Waals surface area contributed by atoms with Gasteiger partial charge in [0.05, 0.1) is 12.4 Å². The van der Waals surface area contributed by atoms with Crippen molar-refractivity contribution in [2.24, 2.45) is 0 Å². The highest BCUT2D eigenvalue weighted by molar-refractivity contribution is 7.91. The van der Waals surface area contributed by atoms with E-state index in [0.29, 0.717) is 18.5 Å². The minimum absolute atomic E-state index is 0.0386. The van der Waals surface area contributed by atoms with Crippen LogP contribution in [0.5, 0.6) is 6.01 Å². The summed E-state index contributed by atoms with van der Waals surface area (Å²) in [6.45, 7) is 6.92. The second kappa shape index (κ2) is 8.60. The first-order chi connectivity index (χ1) is 10.0. The Morgan fingerprint density at radius 1 is 1.00 bits per heavy atom. The van der Waals surface area contributed by atoms with Crippen molar-refractivity contribution in [3.05, 3.63) is 0 Å². The molecule has 0 fully saturated rings. The second-order valence-electron chi connectivity index (χ2n) is 4.29. The molecule has 0 amide bonds. The van der Waals surface area contributed by atoms with Gasteiger partial charge in [0.2, 0.25) is 11.9 Å². The Balaban J connectivity index is 2.72. The van der Waals surface area contributed by atoms with Crippen LogP contribution in [0, 0.1) is 0 Å². The number of anilines is 2. The summed E-state index contributed by atoms with van der Waals surface area (Å²) in [4.78, 5) is 12.4. The molecule has 1 aromatic heterocycles. The van der Waals surface area contributed by atoms with E-state index in [1.165, 1.54) is 0 Å². The van der Waals surface area contributed by atoms with Gasteiger partial charge in [0.25, 0.3) is 0 Å². The molecule has 1 heterocycles. The lowest BCUT2D eigenvalue weighted by Crippen LogP contribution is -2.19. The van der Waals surface area contributed by atoms with Gasteiger partial charge in [0.1, 0.15) is 0 Å². The Morgan fingerprint density at radius 3 is 2.14 bits per heavy atom. The maximum Gasteiger partial charge on any atom is 0.323 e. The first-order valence-electron chi connectivity index (χ1n) is 7.07. The number of hydrogen-bond acceptors (Lipinski definition) is 8. The molecule has 0 aliphatic heterocycles. The highest BCUT2D eigenvalue weighted by Crippen LogP contribution is 2.11. The largest absolute Gasteiger partial charge is 0.464 e. The van der Waals surface area contributed by atoms with Gasteiger partial charge in [-0.05, 0) is 13.3 Å². The summed E-state index contributed by atoms with van der Waals surface area (Å²) in [7, 11) is -3.01. The molecule has 2 N–H and O–H groups in total. The average Bonchev–Trinajstić information content (AvgIpc) is 2.45. The molecule has 0 bridgehead atoms. The SMILES string of the molecule is CCCNc1nc(NCCS(=O)(=O)CC)nc(OCC)n1. The van der Waals surface area contributed by atoms with E-state index in [4.69, 9.17) is 4.74 Å². The number of nitrogens with one attached hydrogen (secondary N) is 2. The molecule has 1 rings (SSSR count). The predicted octanol–water partition coefficient (Wildman–Crippen LogP) is 0.939. The number of rotatable bonds is 10. The third kappa shape index (κ3) is 6.56. The van der Waals surface area contributed by atoms with Crippen molar-refractivity contribution < 1.29 is 13.2 Å². The van der Waals surface area contributed by atoms with Crippen molar-refractivity contribution in [2.45, 2.75) is 27.2 Å². The van der Waals surface area contributed by atoms with E-state index in [-0.39, 0.29) is 24.1 Å². The molecule has 120 valence electrons. The topological polar surface area (TPSA) is 106 Å². The molecule has 1 aromatic rings. The third-order valence-electron chi connectivity index (χ3n) is 2.56. The van der Waals surface area contributed by atoms with Crippen LogP contribution in [0.1, 0.15) is 27.2 Å². The molecule has 0 unspecified atom stereocenters. The Hall–Kier alpha value is -1.64. The zero-order valence-corrected chi connectivity index (χ0v) is 13.5. The predicted molar refractivity (Wildman–Crippen MR) is 82.6 cm³/mol. The van der Waals surface area contributed by atoms with E-state index >= 15 is 0 Å². The quantitative estimate of drug-likeness (QED) is 0.656. The highest BCUT2D eigenvalue weighted by Gasteiger charge is 2.10. The molecule has 9 heteroatoms. The van der Waals surface area contributed by atoms with E-state index in [0.717, 1.165) is 13.0 Å². The summed E-state index contributed by atoms with van der Waals surface area (Å²) < 4.78 is 28.1. The van der Waals surface area contributed by atoms with E-state index in [1.54, 1.807) is 6.92 Å². The summed E-state index contributed by atoms with van der Waals surface area (Å²) in [5, 5.41) is 5.94. The van der Waals surface area contributed by atoms with Gasteiger partial charge >= 0.3 is 6.01 Å². The summed E-state index contributed by atoms with van der Waals surface area (Å²) in [6.07, 6.45) is 0.938. The lowest BCUT2D eigenvalue weighted by molar-refractivity contribution is 0.312. The van der Waals surface area contributed by atoms with Crippen molar-refractivity contribution in [3.8, 4) is 6.01 Å². The molecule has 0 aliphatic carbocycles. The molecular formula is C12H23N5O3S. The van der Waals surface area contributed by atoms with Crippen LogP contribution in [0.25, 0.3) is 0 Å². The van der Waals surface area contributed by atoms with Crippen LogP contribution < -0.4 is 15.4 Å². The molecular weight excluding hydrogens is 294 g/mol. The molecule has 0 saturated heterocycles. The lowest BCUT2D eigenvalue weighted by Gasteiger charge is -2.09. The lowest BCUT2D eigenvalue weighted by atomic mass is 10.5. The zero-order valence-electron chi connectivity index (χ0n) is 12.7. The summed E-state index contributed by atoms with van der Waals surface area (Å²) in [5.41, 5.74) is 0. The zero-order chi connectivity index (χ0) is 15.7. The van der Waals surface area contributed by atoms with Gasteiger partial charge in [0.15, 0.2) is 9.84 Å². The Labute approximate surface area is 125 Å². The van der Waals surface area contributed by atoms with E-state index < -0.39 is 9.84 Å². The van der Waals surface area contributed by atoms with Crippen LogP contribution in [0.4, 0.5) is 11.9 Å². The second-order valence-corrected chi connectivity index (χ2v) is 6.76. The van der Waals surface area contributed by atoms with Crippen LogP contribution in [0.3, 0.4) is 0 Å². The summed E-state index contributed by atoms with van der Waals surface area (Å²) in [5.74, 6) is 0.880. The van der Waals surface area contributed by atoms with Crippen molar-refractivity contribution in [1.82, 2.24) is 15.0 Å². The number of aromatic nitrogens is 3. The maximum absolute atomic E-state index is 11.4. The highest BCUT2D eigenvalue weighted by atomic mass is 32.2. The number of sulfone groups is 1. The van der Waals surface area contributed by atoms with Crippen LogP contribution in [0.15, 0.2) is 0 Å². The minimum Gasteiger partial charge on any atom is -0.464 e. The molecule has 21 heavy (non-hydrogen) atoms. The van der Waals surface area contributed by atoms with Crippen molar-refractivity contribution in [1.29, 1.82) is 0 Å². The smallest absolute Gasteiger partial charge is 0.323 e. The molecule has 0 radical (unpaired) electrons.